The van der Waals surface area contributed by atoms with Crippen LogP contribution in [0.1, 0.15) is 24.1 Å². The van der Waals surface area contributed by atoms with Crippen molar-refractivity contribution in [1.82, 2.24) is 4.98 Å². The number of hydrogen-bond donors (Lipinski definition) is 2. The van der Waals surface area contributed by atoms with Gasteiger partial charge in [-0.3, -0.25) is 0 Å². The van der Waals surface area contributed by atoms with Crippen molar-refractivity contribution in [2.24, 2.45) is 0 Å². The van der Waals surface area contributed by atoms with E-state index in [9.17, 15) is 5.11 Å². The van der Waals surface area contributed by atoms with Gasteiger partial charge in [-0.15, -0.1) is 0 Å². The lowest BCUT2D eigenvalue weighted by Gasteiger charge is -2.18. The van der Waals surface area contributed by atoms with Gasteiger partial charge in [0.15, 0.2) is 5.15 Å². The van der Waals surface area contributed by atoms with Gasteiger partial charge in [-0.25, -0.2) is 4.98 Å². The molecule has 4 heteroatoms. The molecule has 0 radical (unpaired) electrons. The average molecular weight is 263 g/mol. The van der Waals surface area contributed by atoms with E-state index < -0.39 is 0 Å². The summed E-state index contributed by atoms with van der Waals surface area (Å²) >= 11 is 6.06. The van der Waals surface area contributed by atoms with E-state index in [1.807, 2.05) is 32.0 Å². The molecular formula is C14H15ClN2O. The number of phenolic OH excluding ortho intramolecular Hbond substituents is 1. The second kappa shape index (κ2) is 5.27. The van der Waals surface area contributed by atoms with E-state index in [2.05, 4.69) is 10.3 Å². The number of aromatic nitrogens is 1. The first-order chi connectivity index (χ1) is 8.59. The highest BCUT2D eigenvalue weighted by Gasteiger charge is 2.12. The first kappa shape index (κ1) is 12.7. The Kier molecular flexibility index (Phi) is 3.72. The Morgan fingerprint density at radius 3 is 2.67 bits per heavy atom. The molecule has 0 aliphatic heterocycles. The Morgan fingerprint density at radius 2 is 2.00 bits per heavy atom. The number of aromatic hydroxyl groups is 1. The van der Waals surface area contributed by atoms with Crippen molar-refractivity contribution in [3.05, 3.63) is 52.8 Å². The number of para-hydroxylation sites is 1. The number of benzene rings is 1. The van der Waals surface area contributed by atoms with Crippen LogP contribution in [0.4, 0.5) is 5.69 Å². The second-order valence-corrected chi connectivity index (χ2v) is 4.58. The number of halogens is 1. The quantitative estimate of drug-likeness (QED) is 0.824. The lowest BCUT2D eigenvalue weighted by Crippen LogP contribution is -2.08. The fourth-order valence-corrected chi connectivity index (χ4v) is 2.11. The SMILES string of the molecule is Cc1ccnc(Cl)c1NC(C)c1ccccc1O. The normalized spacial score (nSPS) is 12.2. The van der Waals surface area contributed by atoms with Crippen molar-refractivity contribution in [3.63, 3.8) is 0 Å². The molecule has 0 fully saturated rings. The Bertz CT molecular complexity index is 537. The molecule has 1 aromatic heterocycles. The van der Waals surface area contributed by atoms with Gasteiger partial charge in [0.05, 0.1) is 11.7 Å². The highest BCUT2D eigenvalue weighted by Crippen LogP contribution is 2.30. The molecule has 1 aromatic carbocycles. The molecule has 3 nitrogen and oxygen atoms in total. The maximum atomic E-state index is 9.81. The lowest BCUT2D eigenvalue weighted by atomic mass is 10.1. The number of anilines is 1. The lowest BCUT2D eigenvalue weighted by molar-refractivity contribution is 0.465. The summed E-state index contributed by atoms with van der Waals surface area (Å²) in [6.45, 7) is 3.94. The predicted octanol–water partition coefficient (Wildman–Crippen LogP) is 3.92. The number of aryl methyl sites for hydroxylation is 1. The van der Waals surface area contributed by atoms with Gasteiger partial charge in [-0.1, -0.05) is 29.8 Å². The number of phenols is 1. The van der Waals surface area contributed by atoms with Gasteiger partial charge in [0.1, 0.15) is 5.75 Å². The molecule has 1 atom stereocenters. The molecule has 0 amide bonds. The van der Waals surface area contributed by atoms with Gasteiger partial charge < -0.3 is 10.4 Å². The number of hydrogen-bond acceptors (Lipinski definition) is 3. The maximum Gasteiger partial charge on any atom is 0.152 e. The Hall–Kier alpha value is -1.74. The summed E-state index contributed by atoms with van der Waals surface area (Å²) in [5.74, 6) is 0.273. The van der Waals surface area contributed by atoms with Crippen LogP contribution in [0.25, 0.3) is 0 Å². The summed E-state index contributed by atoms with van der Waals surface area (Å²) < 4.78 is 0. The summed E-state index contributed by atoms with van der Waals surface area (Å²) in [5.41, 5.74) is 2.66. The van der Waals surface area contributed by atoms with E-state index in [0.717, 1.165) is 16.8 Å². The predicted molar refractivity (Wildman–Crippen MR) is 74.1 cm³/mol. The van der Waals surface area contributed by atoms with E-state index in [4.69, 9.17) is 11.6 Å². The third-order valence-electron chi connectivity index (χ3n) is 2.88. The number of rotatable bonds is 3. The van der Waals surface area contributed by atoms with Crippen LogP contribution >= 0.6 is 11.6 Å². The topological polar surface area (TPSA) is 45.2 Å². The minimum Gasteiger partial charge on any atom is -0.508 e. The molecule has 0 aliphatic rings. The zero-order valence-electron chi connectivity index (χ0n) is 10.3. The van der Waals surface area contributed by atoms with Crippen LogP contribution < -0.4 is 5.32 Å². The molecule has 0 saturated carbocycles. The molecule has 1 heterocycles. The zero-order valence-corrected chi connectivity index (χ0v) is 11.1. The molecule has 1 unspecified atom stereocenters. The monoisotopic (exact) mass is 262 g/mol. The largest absolute Gasteiger partial charge is 0.508 e. The van der Waals surface area contributed by atoms with Crippen molar-refractivity contribution < 1.29 is 5.11 Å². The van der Waals surface area contributed by atoms with E-state index in [-0.39, 0.29) is 11.8 Å². The van der Waals surface area contributed by atoms with Crippen LogP contribution in [0.5, 0.6) is 5.75 Å². The Balaban J connectivity index is 2.27. The van der Waals surface area contributed by atoms with Crippen molar-refractivity contribution >= 4 is 17.3 Å². The van der Waals surface area contributed by atoms with Gasteiger partial charge in [-0.05, 0) is 31.5 Å². The summed E-state index contributed by atoms with van der Waals surface area (Å²) in [6, 6.07) is 9.09. The van der Waals surface area contributed by atoms with E-state index >= 15 is 0 Å². The van der Waals surface area contributed by atoms with Gasteiger partial charge in [-0.2, -0.15) is 0 Å². The van der Waals surface area contributed by atoms with Crippen LogP contribution in [-0.4, -0.2) is 10.1 Å². The van der Waals surface area contributed by atoms with Gasteiger partial charge in [0, 0.05) is 11.8 Å². The standard InChI is InChI=1S/C14H15ClN2O/c1-9-7-8-16-14(15)13(9)17-10(2)11-5-3-4-6-12(11)18/h3-8,10,17-18H,1-2H3. The van der Waals surface area contributed by atoms with Gasteiger partial charge in [0.25, 0.3) is 0 Å². The molecule has 2 rings (SSSR count). The minimum atomic E-state index is -0.0494. The Morgan fingerprint density at radius 1 is 1.28 bits per heavy atom. The van der Waals surface area contributed by atoms with E-state index in [0.29, 0.717) is 5.15 Å². The smallest absolute Gasteiger partial charge is 0.152 e. The number of nitrogens with zero attached hydrogens (tertiary/aromatic N) is 1. The summed E-state index contributed by atoms with van der Waals surface area (Å²) in [4.78, 5) is 4.05. The van der Waals surface area contributed by atoms with Crippen LogP contribution in [-0.2, 0) is 0 Å². The fraction of sp³-hybridized carbons (Fsp3) is 0.214. The first-order valence-corrected chi connectivity index (χ1v) is 6.13. The van der Waals surface area contributed by atoms with E-state index in [1.165, 1.54) is 0 Å². The molecule has 94 valence electrons. The fourth-order valence-electron chi connectivity index (χ4n) is 1.85. The summed E-state index contributed by atoms with van der Waals surface area (Å²) in [7, 11) is 0. The van der Waals surface area contributed by atoms with Crippen molar-refractivity contribution in [2.75, 3.05) is 5.32 Å². The van der Waals surface area contributed by atoms with Gasteiger partial charge in [0.2, 0.25) is 0 Å². The molecule has 0 bridgehead atoms. The minimum absolute atomic E-state index is 0.0494. The summed E-state index contributed by atoms with van der Waals surface area (Å²) in [5, 5.41) is 13.5. The molecule has 0 aliphatic carbocycles. The number of nitrogens with one attached hydrogen (secondary N) is 1. The summed E-state index contributed by atoms with van der Waals surface area (Å²) in [6.07, 6.45) is 1.67. The van der Waals surface area contributed by atoms with Crippen LogP contribution in [0.3, 0.4) is 0 Å². The molecule has 0 saturated heterocycles. The number of pyridine rings is 1. The Labute approximate surface area is 111 Å². The van der Waals surface area contributed by atoms with Crippen LogP contribution in [0.2, 0.25) is 5.15 Å². The van der Waals surface area contributed by atoms with Crippen LogP contribution in [0.15, 0.2) is 36.5 Å². The second-order valence-electron chi connectivity index (χ2n) is 4.22. The molecule has 2 N–H and O–H groups in total. The third kappa shape index (κ3) is 2.57. The van der Waals surface area contributed by atoms with E-state index in [1.54, 1.807) is 18.3 Å². The van der Waals surface area contributed by atoms with Crippen molar-refractivity contribution in [2.45, 2.75) is 19.9 Å². The molecule has 2 aromatic rings. The van der Waals surface area contributed by atoms with Crippen molar-refractivity contribution in [3.8, 4) is 5.75 Å². The molecule has 0 spiro atoms. The van der Waals surface area contributed by atoms with Crippen LogP contribution in [0, 0.1) is 6.92 Å². The van der Waals surface area contributed by atoms with Crippen molar-refractivity contribution in [1.29, 1.82) is 0 Å². The average Bonchev–Trinajstić information content (AvgIpc) is 2.34. The first-order valence-electron chi connectivity index (χ1n) is 5.75. The zero-order chi connectivity index (χ0) is 13.1. The molecular weight excluding hydrogens is 248 g/mol. The third-order valence-corrected chi connectivity index (χ3v) is 3.16. The highest BCUT2D eigenvalue weighted by atomic mass is 35.5. The molecule has 18 heavy (non-hydrogen) atoms. The van der Waals surface area contributed by atoms with Gasteiger partial charge >= 0.3 is 0 Å². The maximum absolute atomic E-state index is 9.81. The highest BCUT2D eigenvalue weighted by molar-refractivity contribution is 6.32.